The molecule has 2 fully saturated rings. The summed E-state index contributed by atoms with van der Waals surface area (Å²) in [5.41, 5.74) is 7.66. The van der Waals surface area contributed by atoms with E-state index in [0.29, 0.717) is 12.6 Å². The van der Waals surface area contributed by atoms with E-state index in [1.807, 2.05) is 29.2 Å². The smallest absolute Gasteiger partial charge is 0.320 e. The minimum Gasteiger partial charge on any atom is -0.399 e. The quantitative estimate of drug-likeness (QED) is 0.869. The van der Waals surface area contributed by atoms with Crippen molar-refractivity contribution >= 4 is 11.7 Å². The third kappa shape index (κ3) is 3.49. The Kier molecular flexibility index (Phi) is 4.04. The number of nitrogens with two attached hydrogens (primary N) is 1. The van der Waals surface area contributed by atoms with Crippen molar-refractivity contribution in [2.45, 2.75) is 45.2 Å². The standard InChI is InChI=1S/C17H25N3O/c1-13-8-10-19(11-9-13)17(21)20(16-6-7-16)12-14-2-4-15(18)5-3-14/h2-5,13,16H,6-12,18H2,1H3. The third-order valence-corrected chi connectivity index (χ3v) is 4.62. The molecule has 1 aromatic carbocycles. The van der Waals surface area contributed by atoms with Crippen LogP contribution in [-0.2, 0) is 6.54 Å². The Morgan fingerprint density at radius 2 is 1.81 bits per heavy atom. The average Bonchev–Trinajstić information content (AvgIpc) is 3.31. The van der Waals surface area contributed by atoms with Crippen molar-refractivity contribution in [3.05, 3.63) is 29.8 Å². The number of nitrogen functional groups attached to an aromatic ring is 1. The normalized spacial score (nSPS) is 19.6. The number of benzene rings is 1. The minimum atomic E-state index is 0.223. The summed E-state index contributed by atoms with van der Waals surface area (Å²) in [5, 5.41) is 0. The summed E-state index contributed by atoms with van der Waals surface area (Å²) in [7, 11) is 0. The van der Waals surface area contributed by atoms with Gasteiger partial charge in [0.1, 0.15) is 0 Å². The average molecular weight is 287 g/mol. The summed E-state index contributed by atoms with van der Waals surface area (Å²) in [4.78, 5) is 16.9. The van der Waals surface area contributed by atoms with E-state index < -0.39 is 0 Å². The van der Waals surface area contributed by atoms with Gasteiger partial charge >= 0.3 is 6.03 Å². The molecule has 1 saturated carbocycles. The van der Waals surface area contributed by atoms with Gasteiger partial charge < -0.3 is 15.5 Å². The van der Waals surface area contributed by atoms with Gasteiger partial charge in [0.2, 0.25) is 0 Å². The SMILES string of the molecule is CC1CCN(C(=O)N(Cc2ccc(N)cc2)C2CC2)CC1. The highest BCUT2D eigenvalue weighted by Crippen LogP contribution is 2.30. The van der Waals surface area contributed by atoms with Gasteiger partial charge in [-0.15, -0.1) is 0 Å². The van der Waals surface area contributed by atoms with Crippen LogP contribution in [0, 0.1) is 5.92 Å². The van der Waals surface area contributed by atoms with Crippen molar-refractivity contribution in [3.8, 4) is 0 Å². The summed E-state index contributed by atoms with van der Waals surface area (Å²) >= 11 is 0. The molecular formula is C17H25N3O. The second kappa shape index (κ2) is 5.96. The van der Waals surface area contributed by atoms with Crippen LogP contribution in [0.4, 0.5) is 10.5 Å². The van der Waals surface area contributed by atoms with Crippen molar-refractivity contribution in [1.29, 1.82) is 0 Å². The van der Waals surface area contributed by atoms with Gasteiger partial charge in [-0.1, -0.05) is 19.1 Å². The van der Waals surface area contributed by atoms with E-state index in [1.54, 1.807) is 0 Å². The fraction of sp³-hybridized carbons (Fsp3) is 0.588. The van der Waals surface area contributed by atoms with Crippen LogP contribution in [-0.4, -0.2) is 35.0 Å². The maximum absolute atomic E-state index is 12.8. The van der Waals surface area contributed by atoms with Crippen molar-refractivity contribution in [2.75, 3.05) is 18.8 Å². The molecule has 3 rings (SSSR count). The molecule has 21 heavy (non-hydrogen) atoms. The van der Waals surface area contributed by atoms with Gasteiger partial charge in [0.15, 0.2) is 0 Å². The Balaban J connectivity index is 1.66. The van der Waals surface area contributed by atoms with Crippen LogP contribution >= 0.6 is 0 Å². The number of carbonyl (C=O) groups is 1. The third-order valence-electron chi connectivity index (χ3n) is 4.62. The number of amides is 2. The molecule has 0 radical (unpaired) electrons. The second-order valence-corrected chi connectivity index (χ2v) is 6.55. The van der Waals surface area contributed by atoms with Gasteiger partial charge in [0, 0.05) is 31.4 Å². The number of nitrogens with zero attached hydrogens (tertiary/aromatic N) is 2. The first kappa shape index (κ1) is 14.2. The number of hydrogen-bond donors (Lipinski definition) is 1. The number of anilines is 1. The fourth-order valence-corrected chi connectivity index (χ4v) is 2.94. The first-order valence-electron chi connectivity index (χ1n) is 8.03. The highest BCUT2D eigenvalue weighted by Gasteiger charge is 2.35. The lowest BCUT2D eigenvalue weighted by atomic mass is 9.99. The zero-order chi connectivity index (χ0) is 14.8. The number of carbonyl (C=O) groups excluding carboxylic acids is 1. The molecule has 1 aliphatic heterocycles. The van der Waals surface area contributed by atoms with E-state index in [1.165, 1.54) is 0 Å². The number of hydrogen-bond acceptors (Lipinski definition) is 2. The Bertz CT molecular complexity index is 487. The van der Waals surface area contributed by atoms with E-state index >= 15 is 0 Å². The predicted molar refractivity (Wildman–Crippen MR) is 84.8 cm³/mol. The van der Waals surface area contributed by atoms with Gasteiger partial charge in [-0.2, -0.15) is 0 Å². The fourth-order valence-electron chi connectivity index (χ4n) is 2.94. The lowest BCUT2D eigenvalue weighted by Gasteiger charge is -2.35. The molecule has 2 N–H and O–H groups in total. The number of piperidine rings is 1. The summed E-state index contributed by atoms with van der Waals surface area (Å²) in [6.45, 7) is 4.79. The van der Waals surface area contributed by atoms with Crippen LogP contribution in [0.5, 0.6) is 0 Å². The molecular weight excluding hydrogens is 262 g/mol. The second-order valence-electron chi connectivity index (χ2n) is 6.55. The molecule has 1 aliphatic carbocycles. The van der Waals surface area contributed by atoms with E-state index in [4.69, 9.17) is 5.73 Å². The first-order valence-corrected chi connectivity index (χ1v) is 8.03. The molecule has 2 amide bonds. The first-order chi connectivity index (χ1) is 10.1. The predicted octanol–water partition coefficient (Wildman–Crippen LogP) is 3.09. The van der Waals surface area contributed by atoms with Crippen LogP contribution in [0.1, 0.15) is 38.2 Å². The molecule has 114 valence electrons. The van der Waals surface area contributed by atoms with Gasteiger partial charge in [0.05, 0.1) is 0 Å². The van der Waals surface area contributed by atoms with Gasteiger partial charge in [-0.25, -0.2) is 4.79 Å². The van der Waals surface area contributed by atoms with Crippen LogP contribution in [0.3, 0.4) is 0 Å². The van der Waals surface area contributed by atoms with E-state index in [0.717, 1.165) is 55.9 Å². The Labute approximate surface area is 126 Å². The molecule has 0 unspecified atom stereocenters. The molecule has 1 aromatic rings. The molecule has 4 heteroatoms. The van der Waals surface area contributed by atoms with Crippen molar-refractivity contribution in [2.24, 2.45) is 5.92 Å². The molecule has 4 nitrogen and oxygen atoms in total. The van der Waals surface area contributed by atoms with Gasteiger partial charge in [-0.3, -0.25) is 0 Å². The van der Waals surface area contributed by atoms with Crippen LogP contribution in [0.25, 0.3) is 0 Å². The van der Waals surface area contributed by atoms with Crippen molar-refractivity contribution in [1.82, 2.24) is 9.80 Å². The highest BCUT2D eigenvalue weighted by atomic mass is 16.2. The minimum absolute atomic E-state index is 0.223. The van der Waals surface area contributed by atoms with Crippen molar-refractivity contribution in [3.63, 3.8) is 0 Å². The number of rotatable bonds is 3. The molecule has 0 aromatic heterocycles. The number of urea groups is 1. The summed E-state index contributed by atoms with van der Waals surface area (Å²) in [5.74, 6) is 0.750. The molecule has 0 spiro atoms. The molecule has 1 saturated heterocycles. The Morgan fingerprint density at radius 1 is 1.19 bits per heavy atom. The Morgan fingerprint density at radius 3 is 2.38 bits per heavy atom. The number of likely N-dealkylation sites (tertiary alicyclic amines) is 1. The molecule has 0 atom stereocenters. The summed E-state index contributed by atoms with van der Waals surface area (Å²) < 4.78 is 0. The monoisotopic (exact) mass is 287 g/mol. The van der Waals surface area contributed by atoms with E-state index in [2.05, 4.69) is 11.8 Å². The molecule has 1 heterocycles. The van der Waals surface area contributed by atoms with Crippen LogP contribution in [0.15, 0.2) is 24.3 Å². The van der Waals surface area contributed by atoms with E-state index in [9.17, 15) is 4.79 Å². The highest BCUT2D eigenvalue weighted by molar-refractivity contribution is 5.75. The molecule has 2 aliphatic rings. The summed E-state index contributed by atoms with van der Waals surface area (Å²) in [6.07, 6.45) is 4.55. The zero-order valence-electron chi connectivity index (χ0n) is 12.8. The van der Waals surface area contributed by atoms with Crippen LogP contribution in [0.2, 0.25) is 0 Å². The lowest BCUT2D eigenvalue weighted by Crippen LogP contribution is -2.47. The zero-order valence-corrected chi connectivity index (χ0v) is 12.8. The lowest BCUT2D eigenvalue weighted by molar-refractivity contribution is 0.129. The maximum atomic E-state index is 12.8. The largest absolute Gasteiger partial charge is 0.399 e. The maximum Gasteiger partial charge on any atom is 0.320 e. The Hall–Kier alpha value is -1.71. The van der Waals surface area contributed by atoms with Gasteiger partial charge in [-0.05, 0) is 49.3 Å². The topological polar surface area (TPSA) is 49.6 Å². The van der Waals surface area contributed by atoms with Crippen molar-refractivity contribution < 1.29 is 4.79 Å². The van der Waals surface area contributed by atoms with E-state index in [-0.39, 0.29) is 6.03 Å². The summed E-state index contributed by atoms with van der Waals surface area (Å²) in [6, 6.07) is 8.53. The van der Waals surface area contributed by atoms with Gasteiger partial charge in [0.25, 0.3) is 0 Å². The molecule has 0 bridgehead atoms. The van der Waals surface area contributed by atoms with Crippen LogP contribution < -0.4 is 5.73 Å².